The molecule has 0 radical (unpaired) electrons. The van der Waals surface area contributed by atoms with E-state index in [4.69, 9.17) is 0 Å². The van der Waals surface area contributed by atoms with Gasteiger partial charge in [0.05, 0.1) is 11.3 Å². The van der Waals surface area contributed by atoms with E-state index in [1.807, 2.05) is 31.4 Å². The number of thiazole rings is 1. The third-order valence-electron chi connectivity index (χ3n) is 4.09. The van der Waals surface area contributed by atoms with Crippen molar-refractivity contribution in [2.75, 3.05) is 5.32 Å². The molecule has 28 heavy (non-hydrogen) atoms. The highest BCUT2D eigenvalue weighted by Crippen LogP contribution is 2.35. The largest absolute Gasteiger partial charge is 0.417 e. The van der Waals surface area contributed by atoms with Crippen LogP contribution in [-0.4, -0.2) is 19.9 Å². The Labute approximate surface area is 162 Å². The Balaban J connectivity index is 1.86. The summed E-state index contributed by atoms with van der Waals surface area (Å²) in [4.78, 5) is 17.1. The highest BCUT2D eigenvalue weighted by Gasteiger charge is 2.31. The molecule has 1 N–H and O–H groups in total. The molecule has 142 valence electrons. The normalized spacial score (nSPS) is 11.8. The molecule has 9 heteroatoms. The first-order valence-electron chi connectivity index (χ1n) is 8.29. The van der Waals surface area contributed by atoms with Crippen LogP contribution < -0.4 is 5.32 Å². The summed E-state index contributed by atoms with van der Waals surface area (Å²) in [5.74, 6) is 0.497. The summed E-state index contributed by atoms with van der Waals surface area (Å²) in [7, 11) is 0. The monoisotopic (exact) mass is 401 g/mol. The second-order valence-electron chi connectivity index (χ2n) is 6.25. The number of pyridine rings is 3. The third-order valence-corrected chi connectivity index (χ3v) is 4.97. The maximum absolute atomic E-state index is 13.1. The summed E-state index contributed by atoms with van der Waals surface area (Å²) >= 11 is 1.44. The van der Waals surface area contributed by atoms with Crippen LogP contribution >= 0.6 is 11.3 Å². The minimum Gasteiger partial charge on any atom is -0.314 e. The zero-order valence-electron chi connectivity index (χ0n) is 14.9. The van der Waals surface area contributed by atoms with Crippen molar-refractivity contribution < 1.29 is 13.2 Å². The minimum atomic E-state index is -4.47. The van der Waals surface area contributed by atoms with Crippen LogP contribution in [0.25, 0.3) is 22.0 Å². The highest BCUT2D eigenvalue weighted by atomic mass is 32.1. The zero-order chi connectivity index (χ0) is 19.9. The zero-order valence-corrected chi connectivity index (χ0v) is 15.7. The van der Waals surface area contributed by atoms with Crippen LogP contribution in [0.2, 0.25) is 0 Å². The SMILES string of the molecule is Cc1csc(Nc2ncc(-c3cncc(C(F)(F)F)c3)c3ccc(C)nc23)n1. The van der Waals surface area contributed by atoms with Crippen LogP contribution in [-0.2, 0) is 6.18 Å². The van der Waals surface area contributed by atoms with Crippen LogP contribution in [0.3, 0.4) is 0 Å². The molecule has 5 nitrogen and oxygen atoms in total. The Morgan fingerprint density at radius 2 is 1.82 bits per heavy atom. The number of fused-ring (bicyclic) bond motifs is 1. The van der Waals surface area contributed by atoms with Crippen molar-refractivity contribution in [1.82, 2.24) is 19.9 Å². The van der Waals surface area contributed by atoms with Crippen molar-refractivity contribution in [2.45, 2.75) is 20.0 Å². The third kappa shape index (κ3) is 3.53. The first-order valence-corrected chi connectivity index (χ1v) is 9.17. The van der Waals surface area contributed by atoms with E-state index >= 15 is 0 Å². The number of nitrogens with zero attached hydrogens (tertiary/aromatic N) is 4. The maximum Gasteiger partial charge on any atom is 0.417 e. The average Bonchev–Trinajstić information content (AvgIpc) is 3.06. The molecule has 0 aliphatic heterocycles. The van der Waals surface area contributed by atoms with E-state index in [2.05, 4.69) is 25.3 Å². The molecule has 4 rings (SSSR count). The van der Waals surface area contributed by atoms with E-state index in [9.17, 15) is 13.2 Å². The number of halogens is 3. The van der Waals surface area contributed by atoms with E-state index in [0.717, 1.165) is 23.7 Å². The maximum atomic E-state index is 13.1. The molecule has 0 aliphatic carbocycles. The number of rotatable bonds is 3. The van der Waals surface area contributed by atoms with E-state index in [0.29, 0.717) is 33.0 Å². The van der Waals surface area contributed by atoms with Gasteiger partial charge in [-0.25, -0.2) is 15.0 Å². The van der Waals surface area contributed by atoms with E-state index < -0.39 is 11.7 Å². The molecule has 0 spiro atoms. The van der Waals surface area contributed by atoms with Crippen LogP contribution in [0.4, 0.5) is 24.1 Å². The van der Waals surface area contributed by atoms with Crippen molar-refractivity contribution in [3.05, 3.63) is 59.1 Å². The number of aryl methyl sites for hydroxylation is 2. The van der Waals surface area contributed by atoms with Gasteiger partial charge in [0.2, 0.25) is 0 Å². The topological polar surface area (TPSA) is 63.6 Å². The van der Waals surface area contributed by atoms with Gasteiger partial charge in [0, 0.05) is 46.2 Å². The lowest BCUT2D eigenvalue weighted by Crippen LogP contribution is -2.05. The first-order chi connectivity index (χ1) is 13.3. The molecule has 0 aromatic carbocycles. The van der Waals surface area contributed by atoms with Crippen molar-refractivity contribution in [2.24, 2.45) is 0 Å². The number of hydrogen-bond acceptors (Lipinski definition) is 6. The fourth-order valence-corrected chi connectivity index (χ4v) is 3.48. The van der Waals surface area contributed by atoms with E-state index in [1.165, 1.54) is 23.7 Å². The number of hydrogen-bond donors (Lipinski definition) is 1. The van der Waals surface area contributed by atoms with Crippen LogP contribution in [0.5, 0.6) is 0 Å². The second kappa shape index (κ2) is 6.83. The smallest absolute Gasteiger partial charge is 0.314 e. The molecule has 0 aliphatic rings. The number of aromatic nitrogens is 4. The van der Waals surface area contributed by atoms with Crippen LogP contribution in [0, 0.1) is 13.8 Å². The van der Waals surface area contributed by atoms with Gasteiger partial charge in [0.15, 0.2) is 10.9 Å². The highest BCUT2D eigenvalue weighted by molar-refractivity contribution is 7.13. The minimum absolute atomic E-state index is 0.328. The molecule has 0 saturated carbocycles. The molecule has 0 saturated heterocycles. The molecule has 0 bridgehead atoms. The Morgan fingerprint density at radius 1 is 1.00 bits per heavy atom. The molecule has 0 atom stereocenters. The average molecular weight is 401 g/mol. The van der Waals surface area contributed by atoms with E-state index in [1.54, 1.807) is 0 Å². The summed E-state index contributed by atoms with van der Waals surface area (Å²) < 4.78 is 39.2. The second-order valence-corrected chi connectivity index (χ2v) is 7.11. The van der Waals surface area contributed by atoms with Crippen molar-refractivity contribution in [1.29, 1.82) is 0 Å². The predicted molar refractivity (Wildman–Crippen MR) is 103 cm³/mol. The summed E-state index contributed by atoms with van der Waals surface area (Å²) in [6.07, 6.45) is -0.740. The molecule has 0 amide bonds. The van der Waals surface area contributed by atoms with Gasteiger partial charge in [-0.05, 0) is 26.0 Å². The molecule has 4 aromatic heterocycles. The van der Waals surface area contributed by atoms with E-state index in [-0.39, 0.29) is 0 Å². The van der Waals surface area contributed by atoms with Gasteiger partial charge in [0.25, 0.3) is 0 Å². The fourth-order valence-electron chi connectivity index (χ4n) is 2.79. The van der Waals surface area contributed by atoms with Crippen molar-refractivity contribution in [3.63, 3.8) is 0 Å². The molecule has 0 unspecified atom stereocenters. The lowest BCUT2D eigenvalue weighted by molar-refractivity contribution is -0.137. The number of nitrogens with one attached hydrogen (secondary N) is 1. The molecular weight excluding hydrogens is 387 g/mol. The predicted octanol–water partition coefficient (Wildman–Crippen LogP) is 5.53. The Morgan fingerprint density at radius 3 is 2.54 bits per heavy atom. The molecule has 4 heterocycles. The summed E-state index contributed by atoms with van der Waals surface area (Å²) in [5.41, 5.74) is 2.26. The van der Waals surface area contributed by atoms with Gasteiger partial charge in [-0.2, -0.15) is 13.2 Å². The first kappa shape index (κ1) is 18.3. The molecular formula is C19H14F3N5S. The van der Waals surface area contributed by atoms with Gasteiger partial charge in [-0.1, -0.05) is 6.07 Å². The van der Waals surface area contributed by atoms with Gasteiger partial charge >= 0.3 is 6.18 Å². The summed E-state index contributed by atoms with van der Waals surface area (Å²) in [6.45, 7) is 3.73. The van der Waals surface area contributed by atoms with Crippen molar-refractivity contribution >= 4 is 33.2 Å². The standard InChI is InChI=1S/C19H14F3N5S/c1-10-3-4-14-15(12-5-13(7-23-6-12)19(20,21)22)8-24-17(16(14)25-10)27-18-26-11(2)9-28-18/h3-9H,1-2H3,(H,24,26,27). The quantitative estimate of drug-likeness (QED) is 0.489. The number of anilines is 2. The number of alkyl halides is 3. The summed E-state index contributed by atoms with van der Waals surface area (Å²) in [6, 6.07) is 4.71. The van der Waals surface area contributed by atoms with Crippen LogP contribution in [0.15, 0.2) is 42.2 Å². The Kier molecular flexibility index (Phi) is 4.46. The van der Waals surface area contributed by atoms with Gasteiger partial charge in [-0.15, -0.1) is 11.3 Å². The molecule has 0 fully saturated rings. The van der Waals surface area contributed by atoms with Crippen molar-refractivity contribution in [3.8, 4) is 11.1 Å². The van der Waals surface area contributed by atoms with Gasteiger partial charge in [-0.3, -0.25) is 4.98 Å². The van der Waals surface area contributed by atoms with Crippen LogP contribution in [0.1, 0.15) is 17.0 Å². The lowest BCUT2D eigenvalue weighted by Gasteiger charge is -2.12. The lowest BCUT2D eigenvalue weighted by atomic mass is 10.0. The summed E-state index contributed by atoms with van der Waals surface area (Å²) in [5, 5.41) is 6.40. The Bertz CT molecular complexity index is 1170. The van der Waals surface area contributed by atoms with Gasteiger partial charge in [0.1, 0.15) is 5.52 Å². The Hall–Kier alpha value is -3.07. The molecule has 4 aromatic rings. The van der Waals surface area contributed by atoms with Gasteiger partial charge < -0.3 is 5.32 Å². The fraction of sp³-hybridized carbons (Fsp3) is 0.158.